The van der Waals surface area contributed by atoms with Gasteiger partial charge < -0.3 is 20.7 Å². The summed E-state index contributed by atoms with van der Waals surface area (Å²) in [5, 5.41) is 26.7. The Morgan fingerprint density at radius 2 is 1.78 bits per heavy atom. The van der Waals surface area contributed by atoms with E-state index in [4.69, 9.17) is 10.5 Å². The Morgan fingerprint density at radius 3 is 2.39 bits per heavy atom. The first kappa shape index (κ1) is 28.5. The van der Waals surface area contributed by atoms with Crippen LogP contribution in [-0.2, 0) is 6.42 Å². The molecule has 3 aliphatic rings. The Kier molecular flexibility index (Phi) is 7.00. The van der Waals surface area contributed by atoms with E-state index in [1.165, 1.54) is 0 Å². The van der Waals surface area contributed by atoms with Crippen LogP contribution < -0.4 is 15.8 Å². The fourth-order valence-electron chi connectivity index (χ4n) is 7.24. The lowest BCUT2D eigenvalue weighted by Crippen LogP contribution is -2.58. The molecule has 0 saturated carbocycles. The highest BCUT2D eigenvalue weighted by atomic mass is 16.6. The van der Waals surface area contributed by atoms with Gasteiger partial charge in [-0.15, -0.1) is 0 Å². The van der Waals surface area contributed by atoms with E-state index in [-0.39, 0.29) is 23.3 Å². The molecule has 0 radical (unpaired) electrons. The van der Waals surface area contributed by atoms with E-state index in [0.29, 0.717) is 35.4 Å². The van der Waals surface area contributed by atoms with Gasteiger partial charge in [-0.25, -0.2) is 4.79 Å². The molecule has 1 unspecified atom stereocenters. The van der Waals surface area contributed by atoms with E-state index in [1.54, 1.807) is 12.1 Å². The van der Waals surface area contributed by atoms with E-state index in [1.807, 2.05) is 64.0 Å². The zero-order valence-corrected chi connectivity index (χ0v) is 24.5. The lowest BCUT2D eigenvalue weighted by molar-refractivity contribution is -0.0178. The predicted octanol–water partition coefficient (Wildman–Crippen LogP) is 5.95. The highest BCUT2D eigenvalue weighted by molar-refractivity contribution is 5.93. The second kappa shape index (κ2) is 10.1. The Labute approximate surface area is 242 Å². The number of hydrogen-bond acceptors (Lipinski definition) is 6. The molecule has 2 aromatic carbocycles. The molecule has 0 fully saturated rings. The van der Waals surface area contributed by atoms with Crippen molar-refractivity contribution in [1.82, 2.24) is 4.90 Å². The number of carbonyl (C=O) groups is 1. The maximum atomic E-state index is 12.9. The topological polar surface area (TPSA) is 108 Å². The number of rotatable bonds is 4. The number of benzene rings is 2. The van der Waals surface area contributed by atoms with Crippen LogP contribution >= 0.6 is 0 Å². The van der Waals surface area contributed by atoms with E-state index in [2.05, 4.69) is 25.1 Å². The summed E-state index contributed by atoms with van der Waals surface area (Å²) in [5.41, 5.74) is 12.8. The molecule has 5 rings (SSSR count). The fourth-order valence-corrected chi connectivity index (χ4v) is 7.24. The second-order valence-electron chi connectivity index (χ2n) is 11.8. The number of allylic oxidation sites excluding steroid dienone is 3. The molecule has 41 heavy (non-hydrogen) atoms. The summed E-state index contributed by atoms with van der Waals surface area (Å²) in [5.74, 6) is 0.154. The zero-order valence-electron chi connectivity index (χ0n) is 24.5. The zero-order chi connectivity index (χ0) is 30.0. The molecule has 7 heteroatoms. The Bertz CT molecular complexity index is 1560. The first-order valence-corrected chi connectivity index (χ1v) is 13.8. The summed E-state index contributed by atoms with van der Waals surface area (Å²) in [4.78, 5) is 14.8. The number of anilines is 1. The van der Waals surface area contributed by atoms with Crippen molar-refractivity contribution in [3.8, 4) is 5.75 Å². The molecule has 0 bridgehead atoms. The Morgan fingerprint density at radius 1 is 1.12 bits per heavy atom. The van der Waals surface area contributed by atoms with Gasteiger partial charge in [0.15, 0.2) is 0 Å². The molecular formula is C34H39N3O4. The van der Waals surface area contributed by atoms with Crippen LogP contribution in [0.2, 0.25) is 0 Å². The fraction of sp³-hybridized carbons (Fsp3) is 0.324. The SMILES string of the molecule is C=C(N)C1=C(O)[C@@H](N(C)C)C2C[C@@H]3Cc4c(NC(=O)Oc5ccc(C)cc5)ccc(C)c4C(=C)C3=C(C)[C@]2(O)C1=C. The highest BCUT2D eigenvalue weighted by Gasteiger charge is 2.57. The smallest absolute Gasteiger partial charge is 0.417 e. The monoisotopic (exact) mass is 553 g/mol. The van der Waals surface area contributed by atoms with Gasteiger partial charge in [0.2, 0.25) is 0 Å². The average Bonchev–Trinajstić information content (AvgIpc) is 2.89. The van der Waals surface area contributed by atoms with Gasteiger partial charge in [-0.05, 0) is 111 Å². The molecule has 0 aliphatic heterocycles. The van der Waals surface area contributed by atoms with Crippen LogP contribution in [0.1, 0.15) is 35.6 Å². The molecule has 0 spiro atoms. The van der Waals surface area contributed by atoms with Crippen molar-refractivity contribution < 1.29 is 19.7 Å². The Balaban J connectivity index is 1.57. The third kappa shape index (κ3) is 4.40. The number of nitrogens with one attached hydrogen (secondary N) is 1. The maximum Gasteiger partial charge on any atom is 0.417 e. The van der Waals surface area contributed by atoms with Gasteiger partial charge in [0, 0.05) is 22.9 Å². The summed E-state index contributed by atoms with van der Waals surface area (Å²) in [7, 11) is 3.75. The van der Waals surface area contributed by atoms with Crippen LogP contribution in [0.25, 0.3) is 5.57 Å². The number of likely N-dealkylation sites (N-methyl/N-ethyl adjacent to an activating group) is 1. The summed E-state index contributed by atoms with van der Waals surface area (Å²) in [6.07, 6.45) is 0.629. The standard InChI is InChI=1S/C34H39N3O4/c1-17-9-12-24(13-10-17)41-33(39)36-27-14-11-18(2)28-19(3)29-20(4)34(40)21(5)30(22(6)35)32(38)31(37(7)8)26(34)16-23(29)15-25(27)28/h9-14,23,26,31,38,40H,3,5-6,15-16,35H2,1-2,4,7-8H3,(H,36,39)/t23-,26?,31-,34-/m0/s1. The maximum absolute atomic E-state index is 12.9. The van der Waals surface area contributed by atoms with Crippen LogP contribution in [-0.4, -0.2) is 46.9 Å². The van der Waals surface area contributed by atoms with Crippen LogP contribution in [0.5, 0.6) is 5.75 Å². The number of aliphatic hydroxyl groups is 2. The largest absolute Gasteiger partial charge is 0.510 e. The van der Waals surface area contributed by atoms with Crippen molar-refractivity contribution in [2.75, 3.05) is 19.4 Å². The quantitative estimate of drug-likeness (QED) is 0.373. The minimum atomic E-state index is -1.44. The minimum absolute atomic E-state index is 0.00132. The molecule has 7 nitrogen and oxygen atoms in total. The first-order valence-electron chi connectivity index (χ1n) is 13.8. The number of hydrogen-bond donors (Lipinski definition) is 4. The van der Waals surface area contributed by atoms with Gasteiger partial charge in [-0.1, -0.05) is 43.5 Å². The average molecular weight is 554 g/mol. The van der Waals surface area contributed by atoms with Crippen LogP contribution in [0.3, 0.4) is 0 Å². The van der Waals surface area contributed by atoms with Gasteiger partial charge in [-0.2, -0.15) is 0 Å². The number of aliphatic hydroxyl groups excluding tert-OH is 1. The summed E-state index contributed by atoms with van der Waals surface area (Å²) in [6.45, 7) is 18.5. The van der Waals surface area contributed by atoms with E-state index in [9.17, 15) is 15.0 Å². The second-order valence-corrected chi connectivity index (χ2v) is 11.8. The van der Waals surface area contributed by atoms with Crippen LogP contribution in [0, 0.1) is 25.7 Å². The van der Waals surface area contributed by atoms with Gasteiger partial charge in [0.25, 0.3) is 0 Å². The molecule has 0 heterocycles. The van der Waals surface area contributed by atoms with Gasteiger partial charge >= 0.3 is 6.09 Å². The number of nitrogens with zero attached hydrogens (tertiary/aromatic N) is 1. The summed E-state index contributed by atoms with van der Waals surface area (Å²) in [6, 6.07) is 10.7. The van der Waals surface area contributed by atoms with Gasteiger partial charge in [0.1, 0.15) is 17.1 Å². The number of nitrogens with two attached hydrogens (primary N) is 1. The highest BCUT2D eigenvalue weighted by Crippen LogP contribution is 2.58. The van der Waals surface area contributed by atoms with Crippen LogP contribution in [0.4, 0.5) is 10.5 Å². The normalized spacial score (nSPS) is 25.5. The third-order valence-corrected chi connectivity index (χ3v) is 9.08. The Hall–Kier alpha value is -4.07. The van der Waals surface area contributed by atoms with Crippen LogP contribution in [0.15, 0.2) is 89.9 Å². The lowest BCUT2D eigenvalue weighted by atomic mass is 9.55. The number of ether oxygens (including phenoxy) is 1. The molecule has 3 aliphatic carbocycles. The van der Waals surface area contributed by atoms with Gasteiger partial charge in [-0.3, -0.25) is 10.2 Å². The number of carbonyl (C=O) groups excluding carboxylic acids is 1. The van der Waals surface area contributed by atoms with Crippen molar-refractivity contribution in [2.45, 2.75) is 45.3 Å². The molecule has 0 saturated heterocycles. The van der Waals surface area contributed by atoms with E-state index in [0.717, 1.165) is 39.0 Å². The number of aryl methyl sites for hydroxylation is 2. The molecule has 4 atom stereocenters. The number of amides is 1. The molecular weight excluding hydrogens is 514 g/mol. The molecule has 1 amide bonds. The summed E-state index contributed by atoms with van der Waals surface area (Å²) < 4.78 is 5.54. The van der Waals surface area contributed by atoms with Gasteiger partial charge in [0.05, 0.1) is 6.04 Å². The predicted molar refractivity (Wildman–Crippen MR) is 164 cm³/mol. The van der Waals surface area contributed by atoms with Crippen molar-refractivity contribution >= 4 is 17.4 Å². The van der Waals surface area contributed by atoms with Crippen molar-refractivity contribution in [3.05, 3.63) is 112 Å². The van der Waals surface area contributed by atoms with Crippen molar-refractivity contribution in [2.24, 2.45) is 17.6 Å². The van der Waals surface area contributed by atoms with Crippen molar-refractivity contribution in [1.29, 1.82) is 0 Å². The molecule has 214 valence electrons. The molecule has 2 aromatic rings. The molecule has 0 aromatic heterocycles. The number of fused-ring (bicyclic) bond motifs is 3. The summed E-state index contributed by atoms with van der Waals surface area (Å²) >= 11 is 0. The third-order valence-electron chi connectivity index (χ3n) is 9.08. The van der Waals surface area contributed by atoms with E-state index >= 15 is 0 Å². The first-order chi connectivity index (χ1) is 19.3. The van der Waals surface area contributed by atoms with E-state index < -0.39 is 17.7 Å². The minimum Gasteiger partial charge on any atom is -0.510 e. The molecule has 5 N–H and O–H groups in total. The van der Waals surface area contributed by atoms with Crippen molar-refractivity contribution in [3.63, 3.8) is 0 Å². The lowest BCUT2D eigenvalue weighted by Gasteiger charge is -2.54.